The molecule has 0 fully saturated rings. The van der Waals surface area contributed by atoms with Crippen LogP contribution in [0, 0.1) is 13.8 Å². The molecule has 18 heavy (non-hydrogen) atoms. The van der Waals surface area contributed by atoms with Crippen molar-refractivity contribution in [3.05, 3.63) is 58.1 Å². The van der Waals surface area contributed by atoms with Crippen molar-refractivity contribution in [3.63, 3.8) is 0 Å². The molecule has 3 heteroatoms. The number of aromatic carboxylic acids is 1. The third kappa shape index (κ3) is 2.39. The second-order valence-corrected chi connectivity index (χ2v) is 4.76. The van der Waals surface area contributed by atoms with Crippen LogP contribution in [0.3, 0.4) is 0 Å². The van der Waals surface area contributed by atoms with Crippen LogP contribution in [-0.2, 0) is 0 Å². The highest BCUT2D eigenvalue weighted by atomic mass is 35.5. The summed E-state index contributed by atoms with van der Waals surface area (Å²) in [5, 5.41) is 9.93. The molecule has 2 rings (SSSR count). The van der Waals surface area contributed by atoms with Crippen molar-refractivity contribution in [2.24, 2.45) is 0 Å². The molecule has 0 aromatic heterocycles. The average molecular weight is 261 g/mol. The number of halogens is 1. The van der Waals surface area contributed by atoms with Crippen LogP contribution in [0.4, 0.5) is 0 Å². The normalized spacial score (nSPS) is 10.4. The fourth-order valence-corrected chi connectivity index (χ4v) is 2.37. The van der Waals surface area contributed by atoms with Gasteiger partial charge in [0, 0.05) is 5.02 Å². The van der Waals surface area contributed by atoms with Crippen molar-refractivity contribution in [3.8, 4) is 11.1 Å². The second kappa shape index (κ2) is 4.83. The zero-order valence-electron chi connectivity index (χ0n) is 10.2. The Labute approximate surface area is 111 Å². The largest absolute Gasteiger partial charge is 0.478 e. The van der Waals surface area contributed by atoms with Gasteiger partial charge in [0.1, 0.15) is 0 Å². The zero-order chi connectivity index (χ0) is 13.3. The number of carbonyl (C=O) groups is 1. The number of hydrogen-bond acceptors (Lipinski definition) is 1. The van der Waals surface area contributed by atoms with Crippen LogP contribution in [0.15, 0.2) is 36.4 Å². The molecule has 2 aromatic carbocycles. The monoisotopic (exact) mass is 260 g/mol. The molecule has 0 atom stereocenters. The molecule has 0 saturated carbocycles. The van der Waals surface area contributed by atoms with Crippen molar-refractivity contribution in [1.82, 2.24) is 0 Å². The van der Waals surface area contributed by atoms with E-state index in [1.54, 1.807) is 19.1 Å². The van der Waals surface area contributed by atoms with Crippen molar-refractivity contribution >= 4 is 17.6 Å². The van der Waals surface area contributed by atoms with Gasteiger partial charge in [0.15, 0.2) is 0 Å². The Morgan fingerprint density at radius 1 is 1.17 bits per heavy atom. The number of rotatable bonds is 2. The molecule has 1 N–H and O–H groups in total. The van der Waals surface area contributed by atoms with Gasteiger partial charge in [0.05, 0.1) is 5.56 Å². The van der Waals surface area contributed by atoms with Gasteiger partial charge < -0.3 is 5.11 Å². The minimum atomic E-state index is -0.916. The van der Waals surface area contributed by atoms with Crippen LogP contribution in [-0.4, -0.2) is 11.1 Å². The first-order chi connectivity index (χ1) is 8.49. The van der Waals surface area contributed by atoms with Crippen LogP contribution in [0.1, 0.15) is 21.5 Å². The molecule has 0 heterocycles. The van der Waals surface area contributed by atoms with Gasteiger partial charge in [-0.2, -0.15) is 0 Å². The minimum Gasteiger partial charge on any atom is -0.478 e. The summed E-state index contributed by atoms with van der Waals surface area (Å²) in [6.07, 6.45) is 0. The topological polar surface area (TPSA) is 37.3 Å². The van der Waals surface area contributed by atoms with Gasteiger partial charge in [-0.1, -0.05) is 35.9 Å². The molecule has 2 nitrogen and oxygen atoms in total. The Kier molecular flexibility index (Phi) is 3.39. The molecule has 0 aliphatic heterocycles. The summed E-state index contributed by atoms with van der Waals surface area (Å²) in [6, 6.07) is 11.0. The summed E-state index contributed by atoms with van der Waals surface area (Å²) in [5.74, 6) is -0.916. The predicted octanol–water partition coefficient (Wildman–Crippen LogP) is 4.32. The lowest BCUT2D eigenvalue weighted by molar-refractivity contribution is 0.0697. The molecule has 0 amide bonds. The van der Waals surface area contributed by atoms with Crippen LogP contribution in [0.2, 0.25) is 5.02 Å². The summed E-state index contributed by atoms with van der Waals surface area (Å²) in [4.78, 5) is 11.4. The molecule has 0 bridgehead atoms. The highest BCUT2D eigenvalue weighted by Crippen LogP contribution is 2.29. The molecule has 2 aromatic rings. The molecular formula is C15H13ClO2. The lowest BCUT2D eigenvalue weighted by atomic mass is 9.95. The van der Waals surface area contributed by atoms with Crippen molar-refractivity contribution < 1.29 is 9.90 Å². The van der Waals surface area contributed by atoms with Gasteiger partial charge in [0.25, 0.3) is 0 Å². The number of benzene rings is 2. The third-order valence-corrected chi connectivity index (χ3v) is 3.06. The van der Waals surface area contributed by atoms with Crippen molar-refractivity contribution in [2.75, 3.05) is 0 Å². The predicted molar refractivity (Wildman–Crippen MR) is 73.3 cm³/mol. The van der Waals surface area contributed by atoms with E-state index in [4.69, 9.17) is 11.6 Å². The van der Waals surface area contributed by atoms with E-state index in [1.165, 1.54) is 0 Å². The first-order valence-electron chi connectivity index (χ1n) is 5.59. The molecule has 0 radical (unpaired) electrons. The van der Waals surface area contributed by atoms with Crippen LogP contribution >= 0.6 is 11.6 Å². The van der Waals surface area contributed by atoms with E-state index in [0.29, 0.717) is 16.1 Å². The Morgan fingerprint density at radius 2 is 1.89 bits per heavy atom. The summed E-state index contributed by atoms with van der Waals surface area (Å²) < 4.78 is 0. The average Bonchev–Trinajstić information content (AvgIpc) is 2.26. The fraction of sp³-hybridized carbons (Fsp3) is 0.133. The van der Waals surface area contributed by atoms with Gasteiger partial charge in [-0.05, 0) is 48.2 Å². The first-order valence-corrected chi connectivity index (χ1v) is 5.97. The number of carboxylic acids is 1. The second-order valence-electron chi connectivity index (χ2n) is 4.32. The molecule has 0 unspecified atom stereocenters. The van der Waals surface area contributed by atoms with E-state index in [0.717, 1.165) is 16.7 Å². The quantitative estimate of drug-likeness (QED) is 0.873. The lowest BCUT2D eigenvalue weighted by Crippen LogP contribution is -2.02. The number of aryl methyl sites for hydroxylation is 2. The van der Waals surface area contributed by atoms with Gasteiger partial charge in [0.2, 0.25) is 0 Å². The number of carboxylic acid groups (broad SMARTS) is 1. The molecular weight excluding hydrogens is 248 g/mol. The van der Waals surface area contributed by atoms with Crippen LogP contribution in [0.25, 0.3) is 11.1 Å². The maximum atomic E-state index is 11.4. The van der Waals surface area contributed by atoms with Crippen LogP contribution < -0.4 is 0 Å². The Bertz CT molecular complexity index is 598. The Balaban J connectivity index is 2.71. The standard InChI is InChI=1S/C15H13ClO2/c1-9-6-11(8-12(16)7-9)13-5-3-4-10(2)14(13)15(17)18/h3-8H,1-2H3,(H,17,18). The Morgan fingerprint density at radius 3 is 2.50 bits per heavy atom. The third-order valence-electron chi connectivity index (χ3n) is 2.84. The van der Waals surface area contributed by atoms with E-state index in [-0.39, 0.29) is 0 Å². The van der Waals surface area contributed by atoms with Gasteiger partial charge in [-0.15, -0.1) is 0 Å². The van der Waals surface area contributed by atoms with Gasteiger partial charge in [-0.25, -0.2) is 4.79 Å². The van der Waals surface area contributed by atoms with E-state index in [2.05, 4.69) is 0 Å². The van der Waals surface area contributed by atoms with E-state index < -0.39 is 5.97 Å². The Hall–Kier alpha value is -1.80. The number of hydrogen-bond donors (Lipinski definition) is 1. The summed E-state index contributed by atoms with van der Waals surface area (Å²) in [7, 11) is 0. The maximum absolute atomic E-state index is 11.4. The minimum absolute atomic E-state index is 0.333. The fourth-order valence-electron chi connectivity index (χ4n) is 2.08. The summed E-state index contributed by atoms with van der Waals surface area (Å²) in [6.45, 7) is 3.73. The van der Waals surface area contributed by atoms with Crippen LogP contribution in [0.5, 0.6) is 0 Å². The van der Waals surface area contributed by atoms with E-state index in [1.807, 2.05) is 31.2 Å². The van der Waals surface area contributed by atoms with E-state index in [9.17, 15) is 9.90 Å². The molecule has 0 saturated heterocycles. The highest BCUT2D eigenvalue weighted by Gasteiger charge is 2.14. The molecule has 0 spiro atoms. The summed E-state index contributed by atoms with van der Waals surface area (Å²) in [5.41, 5.74) is 3.63. The molecule has 0 aliphatic rings. The van der Waals surface area contributed by atoms with Gasteiger partial charge >= 0.3 is 5.97 Å². The van der Waals surface area contributed by atoms with Crippen molar-refractivity contribution in [2.45, 2.75) is 13.8 Å². The zero-order valence-corrected chi connectivity index (χ0v) is 11.0. The highest BCUT2D eigenvalue weighted by molar-refractivity contribution is 6.31. The lowest BCUT2D eigenvalue weighted by Gasteiger charge is -2.10. The maximum Gasteiger partial charge on any atom is 0.336 e. The molecule has 0 aliphatic carbocycles. The first kappa shape index (κ1) is 12.7. The SMILES string of the molecule is Cc1cc(Cl)cc(-c2cccc(C)c2C(=O)O)c1. The smallest absolute Gasteiger partial charge is 0.336 e. The van der Waals surface area contributed by atoms with Crippen molar-refractivity contribution in [1.29, 1.82) is 0 Å². The van der Waals surface area contributed by atoms with E-state index >= 15 is 0 Å². The summed E-state index contributed by atoms with van der Waals surface area (Å²) >= 11 is 6.02. The molecule has 92 valence electrons. The van der Waals surface area contributed by atoms with Gasteiger partial charge in [-0.3, -0.25) is 0 Å².